The van der Waals surface area contributed by atoms with Crippen LogP contribution in [0.5, 0.6) is 0 Å². The van der Waals surface area contributed by atoms with E-state index in [1.54, 1.807) is 4.68 Å². The summed E-state index contributed by atoms with van der Waals surface area (Å²) in [6, 6.07) is 3.97. The Bertz CT molecular complexity index is 821. The molecule has 0 aliphatic heterocycles. The van der Waals surface area contributed by atoms with Crippen molar-refractivity contribution in [2.24, 2.45) is 0 Å². The first-order valence-electron chi connectivity index (χ1n) is 6.43. The van der Waals surface area contributed by atoms with Crippen LogP contribution in [0, 0.1) is 20.8 Å². The van der Waals surface area contributed by atoms with Crippen molar-refractivity contribution >= 4 is 33.4 Å². The van der Waals surface area contributed by atoms with E-state index >= 15 is 0 Å². The summed E-state index contributed by atoms with van der Waals surface area (Å²) in [6.45, 7) is 5.98. The van der Waals surface area contributed by atoms with Gasteiger partial charge in [-0.3, -0.25) is 10.1 Å². The number of hydrogen-bond donors (Lipinski definition) is 1. The number of benzene rings is 1. The van der Waals surface area contributed by atoms with Crippen LogP contribution in [0.2, 0.25) is 0 Å². The topological polar surface area (TPSA) is 85.6 Å². The maximum absolute atomic E-state index is 12.0. The molecule has 0 atom stereocenters. The monoisotopic (exact) mass is 302 g/mol. The third kappa shape index (κ3) is 2.75. The van der Waals surface area contributed by atoms with Crippen molar-refractivity contribution in [3.8, 4) is 0 Å². The number of carbonyl (C=O) groups excluding carboxylic acids is 1. The Balaban J connectivity index is 1.81. The molecule has 3 aromatic rings. The summed E-state index contributed by atoms with van der Waals surface area (Å²) in [4.78, 5) is 12.0. The molecule has 0 spiro atoms. The highest BCUT2D eigenvalue weighted by Gasteiger charge is 2.12. The highest BCUT2D eigenvalue weighted by Crippen LogP contribution is 2.17. The van der Waals surface area contributed by atoms with Gasteiger partial charge in [0.2, 0.25) is 11.0 Å². The molecule has 3 rings (SSSR count). The minimum Gasteiger partial charge on any atom is -0.299 e. The quantitative estimate of drug-likeness (QED) is 0.798. The maximum atomic E-state index is 12.0. The standard InChI is InChI=1S/C13H14N6OS/c1-7-4-10-11(5-8(7)2)19(18-16-10)6-12(20)14-13-17-15-9(3)21-13/h4-5H,6H2,1-3H3,(H,14,17,20). The maximum Gasteiger partial charge on any atom is 0.248 e. The van der Waals surface area contributed by atoms with Gasteiger partial charge in [0.25, 0.3) is 0 Å². The van der Waals surface area contributed by atoms with Crippen molar-refractivity contribution in [1.29, 1.82) is 0 Å². The number of nitrogens with one attached hydrogen (secondary N) is 1. The summed E-state index contributed by atoms with van der Waals surface area (Å²) in [6.07, 6.45) is 0. The third-order valence-electron chi connectivity index (χ3n) is 3.20. The molecule has 0 saturated carbocycles. The molecular formula is C13H14N6OS. The average molecular weight is 302 g/mol. The van der Waals surface area contributed by atoms with Gasteiger partial charge in [0.15, 0.2) is 0 Å². The molecule has 0 fully saturated rings. The lowest BCUT2D eigenvalue weighted by Crippen LogP contribution is -2.19. The number of rotatable bonds is 3. The van der Waals surface area contributed by atoms with Gasteiger partial charge in [0.05, 0.1) is 5.52 Å². The van der Waals surface area contributed by atoms with Gasteiger partial charge in [0.1, 0.15) is 17.1 Å². The van der Waals surface area contributed by atoms with Crippen molar-refractivity contribution in [2.75, 3.05) is 5.32 Å². The van der Waals surface area contributed by atoms with E-state index in [1.807, 2.05) is 32.9 Å². The van der Waals surface area contributed by atoms with Gasteiger partial charge >= 0.3 is 0 Å². The molecule has 21 heavy (non-hydrogen) atoms. The van der Waals surface area contributed by atoms with Crippen LogP contribution in [-0.2, 0) is 11.3 Å². The minimum atomic E-state index is -0.198. The molecular weight excluding hydrogens is 288 g/mol. The molecule has 0 saturated heterocycles. The summed E-state index contributed by atoms with van der Waals surface area (Å²) >= 11 is 1.34. The number of anilines is 1. The van der Waals surface area contributed by atoms with Crippen molar-refractivity contribution in [3.05, 3.63) is 28.3 Å². The first-order chi connectivity index (χ1) is 10.0. The number of hydrogen-bond acceptors (Lipinski definition) is 6. The largest absolute Gasteiger partial charge is 0.299 e. The molecule has 0 bridgehead atoms. The van der Waals surface area contributed by atoms with Crippen LogP contribution in [-0.4, -0.2) is 31.1 Å². The summed E-state index contributed by atoms with van der Waals surface area (Å²) in [5, 5.41) is 19.9. The zero-order chi connectivity index (χ0) is 15.0. The molecule has 1 amide bonds. The van der Waals surface area contributed by atoms with Gasteiger partial charge in [-0.15, -0.1) is 15.3 Å². The van der Waals surface area contributed by atoms with Crippen LogP contribution in [0.25, 0.3) is 11.0 Å². The molecule has 0 aliphatic rings. The smallest absolute Gasteiger partial charge is 0.248 e. The lowest BCUT2D eigenvalue weighted by atomic mass is 10.1. The van der Waals surface area contributed by atoms with E-state index in [4.69, 9.17) is 0 Å². The number of aryl methyl sites for hydroxylation is 3. The summed E-state index contributed by atoms with van der Waals surface area (Å²) < 4.78 is 1.59. The van der Waals surface area contributed by atoms with E-state index in [2.05, 4.69) is 25.8 Å². The number of aromatic nitrogens is 5. The van der Waals surface area contributed by atoms with Crippen LogP contribution < -0.4 is 5.32 Å². The third-order valence-corrected chi connectivity index (χ3v) is 3.95. The molecule has 1 aromatic carbocycles. The SMILES string of the molecule is Cc1nnc(NC(=O)Cn2nnc3cc(C)c(C)cc32)s1. The van der Waals surface area contributed by atoms with E-state index in [-0.39, 0.29) is 12.5 Å². The Morgan fingerprint density at radius 1 is 1.19 bits per heavy atom. The van der Waals surface area contributed by atoms with Gasteiger partial charge in [0, 0.05) is 0 Å². The Morgan fingerprint density at radius 2 is 1.95 bits per heavy atom. The highest BCUT2D eigenvalue weighted by atomic mass is 32.1. The Kier molecular flexibility index (Phi) is 3.38. The highest BCUT2D eigenvalue weighted by molar-refractivity contribution is 7.15. The molecule has 2 heterocycles. The predicted molar refractivity (Wildman–Crippen MR) is 80.3 cm³/mol. The summed E-state index contributed by atoms with van der Waals surface area (Å²) in [5.74, 6) is -0.198. The number of carbonyl (C=O) groups is 1. The minimum absolute atomic E-state index is 0.0949. The molecule has 7 nitrogen and oxygen atoms in total. The fourth-order valence-corrected chi connectivity index (χ4v) is 2.59. The van der Waals surface area contributed by atoms with E-state index in [9.17, 15) is 4.79 Å². The Labute approximate surface area is 125 Å². The second-order valence-corrected chi connectivity index (χ2v) is 6.03. The summed E-state index contributed by atoms with van der Waals surface area (Å²) in [7, 11) is 0. The van der Waals surface area contributed by atoms with E-state index < -0.39 is 0 Å². The van der Waals surface area contributed by atoms with Gasteiger partial charge in [-0.1, -0.05) is 16.6 Å². The van der Waals surface area contributed by atoms with Gasteiger partial charge < -0.3 is 0 Å². The molecule has 0 unspecified atom stereocenters. The van der Waals surface area contributed by atoms with E-state index in [0.717, 1.165) is 27.2 Å². The number of nitrogens with zero attached hydrogens (tertiary/aromatic N) is 5. The van der Waals surface area contributed by atoms with Crippen molar-refractivity contribution in [2.45, 2.75) is 27.3 Å². The van der Waals surface area contributed by atoms with Crippen molar-refractivity contribution in [3.63, 3.8) is 0 Å². The molecule has 2 aromatic heterocycles. The van der Waals surface area contributed by atoms with E-state index in [1.165, 1.54) is 11.3 Å². The number of amides is 1. The number of fused-ring (bicyclic) bond motifs is 1. The van der Waals surface area contributed by atoms with Crippen molar-refractivity contribution in [1.82, 2.24) is 25.2 Å². The van der Waals surface area contributed by atoms with Crippen LogP contribution in [0.15, 0.2) is 12.1 Å². The zero-order valence-corrected chi connectivity index (χ0v) is 12.7. The Morgan fingerprint density at radius 3 is 2.67 bits per heavy atom. The van der Waals surface area contributed by atoms with Crippen LogP contribution in [0.4, 0.5) is 5.13 Å². The fraction of sp³-hybridized carbons (Fsp3) is 0.308. The molecule has 108 valence electrons. The fourth-order valence-electron chi connectivity index (χ4n) is 1.98. The van der Waals surface area contributed by atoms with Crippen LogP contribution in [0.1, 0.15) is 16.1 Å². The van der Waals surface area contributed by atoms with E-state index in [0.29, 0.717) is 5.13 Å². The second-order valence-electron chi connectivity index (χ2n) is 4.85. The van der Waals surface area contributed by atoms with Crippen LogP contribution >= 0.6 is 11.3 Å². The first kappa shape index (κ1) is 13.6. The lowest BCUT2D eigenvalue weighted by molar-refractivity contribution is -0.116. The first-order valence-corrected chi connectivity index (χ1v) is 7.25. The van der Waals surface area contributed by atoms with Crippen molar-refractivity contribution < 1.29 is 4.79 Å². The average Bonchev–Trinajstić information content (AvgIpc) is 2.98. The molecule has 8 heteroatoms. The van der Waals surface area contributed by atoms with Gasteiger partial charge in [-0.05, 0) is 44.0 Å². The Hall–Kier alpha value is -2.35. The zero-order valence-electron chi connectivity index (χ0n) is 11.9. The second kappa shape index (κ2) is 5.21. The molecule has 0 aliphatic carbocycles. The normalized spacial score (nSPS) is 11.0. The lowest BCUT2D eigenvalue weighted by Gasteiger charge is -2.04. The summed E-state index contributed by atoms with van der Waals surface area (Å²) in [5.41, 5.74) is 3.94. The van der Waals surface area contributed by atoms with Gasteiger partial charge in [-0.2, -0.15) is 0 Å². The molecule has 1 N–H and O–H groups in total. The van der Waals surface area contributed by atoms with Gasteiger partial charge in [-0.25, -0.2) is 4.68 Å². The predicted octanol–water partition coefficient (Wildman–Crippen LogP) is 1.85. The molecule has 0 radical (unpaired) electrons. The van der Waals surface area contributed by atoms with Crippen LogP contribution in [0.3, 0.4) is 0 Å².